The van der Waals surface area contributed by atoms with E-state index in [4.69, 9.17) is 11.6 Å². The van der Waals surface area contributed by atoms with E-state index >= 15 is 0 Å². The molecular formula is C12H18ClN3O2S. The molecule has 0 saturated carbocycles. The molecule has 5 nitrogen and oxygen atoms in total. The van der Waals surface area contributed by atoms with E-state index in [2.05, 4.69) is 9.88 Å². The second kappa shape index (κ2) is 6.07. The molecule has 0 N–H and O–H groups in total. The Hall–Kier alpha value is -0.850. The van der Waals surface area contributed by atoms with Crippen LogP contribution in [0.5, 0.6) is 0 Å². The summed E-state index contributed by atoms with van der Waals surface area (Å²) in [6.45, 7) is 2.58. The second-order valence-corrected chi connectivity index (χ2v) is 7.22. The molecule has 19 heavy (non-hydrogen) atoms. The van der Waals surface area contributed by atoms with E-state index in [0.717, 1.165) is 25.9 Å². The molecule has 2 rings (SSSR count). The van der Waals surface area contributed by atoms with Crippen molar-refractivity contribution in [2.24, 2.45) is 0 Å². The molecule has 0 bridgehead atoms. The van der Waals surface area contributed by atoms with Gasteiger partial charge in [0.05, 0.1) is 10.8 Å². The van der Waals surface area contributed by atoms with Gasteiger partial charge in [-0.3, -0.25) is 4.31 Å². The lowest BCUT2D eigenvalue weighted by atomic mass is 10.4. The molecule has 0 spiro atoms. The van der Waals surface area contributed by atoms with Crippen molar-refractivity contribution in [2.45, 2.75) is 12.8 Å². The third-order valence-electron chi connectivity index (χ3n) is 3.32. The lowest BCUT2D eigenvalue weighted by Gasteiger charge is -2.20. The minimum Gasteiger partial charge on any atom is -0.302 e. The van der Waals surface area contributed by atoms with E-state index in [-0.39, 0.29) is 5.75 Å². The first-order valence-corrected chi connectivity index (χ1v) is 8.28. The molecule has 1 fully saturated rings. The fourth-order valence-electron chi connectivity index (χ4n) is 2.08. The monoisotopic (exact) mass is 303 g/mol. The molecule has 0 radical (unpaired) electrons. The van der Waals surface area contributed by atoms with E-state index in [9.17, 15) is 8.42 Å². The number of likely N-dealkylation sites (tertiary alicyclic amines) is 1. The molecule has 1 aliphatic rings. The van der Waals surface area contributed by atoms with Crippen molar-refractivity contribution in [2.75, 3.05) is 36.7 Å². The third kappa shape index (κ3) is 3.81. The summed E-state index contributed by atoms with van der Waals surface area (Å²) in [6, 6.07) is 3.24. The van der Waals surface area contributed by atoms with Crippen molar-refractivity contribution >= 4 is 27.4 Å². The van der Waals surface area contributed by atoms with E-state index in [0.29, 0.717) is 17.4 Å². The van der Waals surface area contributed by atoms with Crippen LogP contribution in [-0.2, 0) is 10.0 Å². The summed E-state index contributed by atoms with van der Waals surface area (Å²) < 4.78 is 25.6. The van der Waals surface area contributed by atoms with Crippen LogP contribution in [-0.4, -0.2) is 50.7 Å². The Labute approximate surface area is 119 Å². The standard InChI is InChI=1S/C12H18ClN3O2S/c1-15(12-5-4-11(13)10-14-12)19(17,18)9-8-16-6-2-3-7-16/h4-5,10H,2-3,6-9H2,1H3. The highest BCUT2D eigenvalue weighted by molar-refractivity contribution is 7.92. The van der Waals surface area contributed by atoms with Gasteiger partial charge in [0, 0.05) is 19.8 Å². The van der Waals surface area contributed by atoms with Crippen molar-refractivity contribution in [3.8, 4) is 0 Å². The van der Waals surface area contributed by atoms with Crippen molar-refractivity contribution in [1.82, 2.24) is 9.88 Å². The summed E-state index contributed by atoms with van der Waals surface area (Å²) in [5.74, 6) is 0.513. The van der Waals surface area contributed by atoms with E-state index < -0.39 is 10.0 Å². The zero-order chi connectivity index (χ0) is 13.9. The van der Waals surface area contributed by atoms with Crippen LogP contribution < -0.4 is 4.31 Å². The summed E-state index contributed by atoms with van der Waals surface area (Å²) in [7, 11) is -1.80. The van der Waals surface area contributed by atoms with Crippen LogP contribution in [0, 0.1) is 0 Å². The average Bonchev–Trinajstić information content (AvgIpc) is 2.90. The highest BCUT2D eigenvalue weighted by atomic mass is 35.5. The summed E-state index contributed by atoms with van der Waals surface area (Å²) in [5.41, 5.74) is 0. The number of hydrogen-bond acceptors (Lipinski definition) is 4. The number of sulfonamides is 1. The molecule has 0 amide bonds. The van der Waals surface area contributed by atoms with Gasteiger partial charge >= 0.3 is 0 Å². The number of nitrogens with zero attached hydrogens (tertiary/aromatic N) is 3. The van der Waals surface area contributed by atoms with Gasteiger partial charge in [-0.2, -0.15) is 0 Å². The van der Waals surface area contributed by atoms with Crippen LogP contribution in [0.2, 0.25) is 5.02 Å². The van der Waals surface area contributed by atoms with Crippen LogP contribution in [0.1, 0.15) is 12.8 Å². The quantitative estimate of drug-likeness (QED) is 0.829. The average molecular weight is 304 g/mol. The molecule has 1 aliphatic heterocycles. The lowest BCUT2D eigenvalue weighted by Crippen LogP contribution is -2.35. The third-order valence-corrected chi connectivity index (χ3v) is 5.26. The Morgan fingerprint density at radius 1 is 1.37 bits per heavy atom. The summed E-state index contributed by atoms with van der Waals surface area (Å²) in [4.78, 5) is 6.21. The fourth-order valence-corrected chi connectivity index (χ4v) is 3.35. The maximum Gasteiger partial charge on any atom is 0.237 e. The van der Waals surface area contributed by atoms with Crippen LogP contribution >= 0.6 is 11.6 Å². The number of anilines is 1. The minimum atomic E-state index is -3.33. The molecule has 0 unspecified atom stereocenters. The Bertz CT molecular complexity index is 512. The first-order valence-electron chi connectivity index (χ1n) is 6.29. The molecule has 7 heteroatoms. The normalized spacial score (nSPS) is 16.7. The SMILES string of the molecule is CN(c1ccc(Cl)cn1)S(=O)(=O)CCN1CCCC1. The topological polar surface area (TPSA) is 53.5 Å². The zero-order valence-electron chi connectivity index (χ0n) is 10.9. The van der Waals surface area contributed by atoms with Gasteiger partial charge < -0.3 is 4.90 Å². The number of pyridine rings is 1. The smallest absolute Gasteiger partial charge is 0.237 e. The summed E-state index contributed by atoms with van der Waals surface area (Å²) in [5, 5.41) is 0.492. The van der Waals surface area contributed by atoms with Gasteiger partial charge in [-0.25, -0.2) is 13.4 Å². The molecular weight excluding hydrogens is 286 g/mol. The number of hydrogen-bond donors (Lipinski definition) is 0. The first kappa shape index (κ1) is 14.6. The second-order valence-electron chi connectivity index (χ2n) is 4.67. The number of halogens is 1. The summed E-state index contributed by atoms with van der Waals surface area (Å²) in [6.07, 6.45) is 3.77. The molecule has 2 heterocycles. The maximum absolute atomic E-state index is 12.2. The van der Waals surface area contributed by atoms with E-state index in [1.165, 1.54) is 17.5 Å². The van der Waals surface area contributed by atoms with Gasteiger partial charge in [-0.05, 0) is 38.1 Å². The molecule has 1 aromatic heterocycles. The molecule has 106 valence electrons. The Balaban J connectivity index is 1.99. The van der Waals surface area contributed by atoms with E-state index in [1.807, 2.05) is 0 Å². The highest BCUT2D eigenvalue weighted by Crippen LogP contribution is 2.16. The fraction of sp³-hybridized carbons (Fsp3) is 0.583. The van der Waals surface area contributed by atoms with Crippen LogP contribution in [0.15, 0.2) is 18.3 Å². The first-order chi connectivity index (χ1) is 8.99. The van der Waals surface area contributed by atoms with Gasteiger partial charge in [0.25, 0.3) is 0 Å². The van der Waals surface area contributed by atoms with Crippen LogP contribution in [0.4, 0.5) is 5.82 Å². The van der Waals surface area contributed by atoms with Gasteiger partial charge in [-0.1, -0.05) is 11.6 Å². The van der Waals surface area contributed by atoms with Crippen molar-refractivity contribution in [1.29, 1.82) is 0 Å². The number of rotatable bonds is 5. The van der Waals surface area contributed by atoms with Gasteiger partial charge in [0.15, 0.2) is 0 Å². The van der Waals surface area contributed by atoms with Gasteiger partial charge in [0.2, 0.25) is 10.0 Å². The molecule has 0 aliphatic carbocycles. The minimum absolute atomic E-state index is 0.119. The molecule has 1 saturated heterocycles. The Kier molecular flexibility index (Phi) is 4.65. The summed E-state index contributed by atoms with van der Waals surface area (Å²) >= 11 is 5.74. The maximum atomic E-state index is 12.2. The van der Waals surface area contributed by atoms with E-state index in [1.54, 1.807) is 12.1 Å². The predicted octanol–water partition coefficient (Wildman–Crippen LogP) is 1.60. The van der Waals surface area contributed by atoms with Crippen molar-refractivity contribution in [3.63, 3.8) is 0 Å². The lowest BCUT2D eigenvalue weighted by molar-refractivity contribution is 0.359. The van der Waals surface area contributed by atoms with Crippen LogP contribution in [0.3, 0.4) is 0 Å². The Morgan fingerprint density at radius 2 is 2.05 bits per heavy atom. The van der Waals surface area contributed by atoms with Gasteiger partial charge in [-0.15, -0.1) is 0 Å². The highest BCUT2D eigenvalue weighted by Gasteiger charge is 2.21. The largest absolute Gasteiger partial charge is 0.302 e. The molecule has 1 aromatic rings. The Morgan fingerprint density at radius 3 is 2.63 bits per heavy atom. The molecule has 0 atom stereocenters. The van der Waals surface area contributed by atoms with Crippen LogP contribution in [0.25, 0.3) is 0 Å². The number of aromatic nitrogens is 1. The zero-order valence-corrected chi connectivity index (χ0v) is 12.5. The van der Waals surface area contributed by atoms with Crippen molar-refractivity contribution in [3.05, 3.63) is 23.4 Å². The van der Waals surface area contributed by atoms with Crippen molar-refractivity contribution < 1.29 is 8.42 Å². The predicted molar refractivity (Wildman–Crippen MR) is 77.1 cm³/mol. The molecule has 0 aromatic carbocycles. The van der Waals surface area contributed by atoms with Gasteiger partial charge in [0.1, 0.15) is 5.82 Å².